The highest BCUT2D eigenvalue weighted by molar-refractivity contribution is 5.07. The molecular formula is C11H19NO2. The van der Waals surface area contributed by atoms with Crippen LogP contribution in [0.3, 0.4) is 0 Å². The lowest BCUT2D eigenvalue weighted by Crippen LogP contribution is -2.38. The van der Waals surface area contributed by atoms with Crippen molar-refractivity contribution >= 4 is 0 Å². The third kappa shape index (κ3) is 3.08. The highest BCUT2D eigenvalue weighted by Gasteiger charge is 2.13. The molecule has 3 nitrogen and oxygen atoms in total. The molecule has 3 heteroatoms. The SMILES string of the molecule is C1=C(CN[C@@H]2CCCOC2)COCC1. The molecule has 0 spiro atoms. The topological polar surface area (TPSA) is 30.5 Å². The molecule has 0 radical (unpaired) electrons. The Labute approximate surface area is 85.5 Å². The van der Waals surface area contributed by atoms with Gasteiger partial charge in [-0.3, -0.25) is 0 Å². The van der Waals surface area contributed by atoms with Crippen LogP contribution in [0.4, 0.5) is 0 Å². The Morgan fingerprint density at radius 3 is 3.07 bits per heavy atom. The summed E-state index contributed by atoms with van der Waals surface area (Å²) in [5.41, 5.74) is 1.39. The minimum atomic E-state index is 0.548. The first-order chi connectivity index (χ1) is 6.95. The molecule has 1 fully saturated rings. The Bertz CT molecular complexity index is 197. The highest BCUT2D eigenvalue weighted by atomic mass is 16.5. The lowest BCUT2D eigenvalue weighted by Gasteiger charge is -2.24. The number of nitrogens with one attached hydrogen (secondary N) is 1. The summed E-state index contributed by atoms with van der Waals surface area (Å²) in [6, 6.07) is 0.548. The van der Waals surface area contributed by atoms with Crippen LogP contribution in [0.2, 0.25) is 0 Å². The maximum atomic E-state index is 5.41. The first-order valence-electron chi connectivity index (χ1n) is 5.52. The lowest BCUT2D eigenvalue weighted by molar-refractivity contribution is 0.0706. The monoisotopic (exact) mass is 197 g/mol. The molecule has 0 amide bonds. The fourth-order valence-corrected chi connectivity index (χ4v) is 1.91. The fraction of sp³-hybridized carbons (Fsp3) is 0.818. The van der Waals surface area contributed by atoms with Crippen molar-refractivity contribution in [3.05, 3.63) is 11.6 Å². The smallest absolute Gasteiger partial charge is 0.0689 e. The van der Waals surface area contributed by atoms with Crippen molar-refractivity contribution < 1.29 is 9.47 Å². The molecule has 0 bridgehead atoms. The Morgan fingerprint density at radius 1 is 1.36 bits per heavy atom. The molecule has 2 aliphatic heterocycles. The van der Waals surface area contributed by atoms with E-state index in [9.17, 15) is 0 Å². The number of hydrogen-bond acceptors (Lipinski definition) is 3. The van der Waals surface area contributed by atoms with E-state index in [0.717, 1.165) is 39.4 Å². The third-order valence-corrected chi connectivity index (χ3v) is 2.76. The van der Waals surface area contributed by atoms with Crippen LogP contribution < -0.4 is 5.32 Å². The molecule has 2 rings (SSSR count). The van der Waals surface area contributed by atoms with Gasteiger partial charge in [-0.25, -0.2) is 0 Å². The van der Waals surface area contributed by atoms with Gasteiger partial charge in [-0.05, 0) is 24.8 Å². The molecule has 2 heterocycles. The number of ether oxygens (including phenoxy) is 2. The predicted molar refractivity (Wildman–Crippen MR) is 55.4 cm³/mol. The van der Waals surface area contributed by atoms with Gasteiger partial charge in [0.05, 0.1) is 19.8 Å². The normalized spacial score (nSPS) is 28.6. The van der Waals surface area contributed by atoms with Crippen LogP contribution in [0.25, 0.3) is 0 Å². The van der Waals surface area contributed by atoms with Gasteiger partial charge in [0, 0.05) is 19.2 Å². The van der Waals surface area contributed by atoms with E-state index in [1.165, 1.54) is 18.4 Å². The van der Waals surface area contributed by atoms with Crippen LogP contribution in [0, 0.1) is 0 Å². The molecule has 0 aromatic rings. The standard InChI is InChI=1S/C11H19NO2/c1-3-10(8-13-5-1)7-12-11-4-2-6-14-9-11/h3,11-12H,1-2,4-9H2/t11-/m1/s1. The van der Waals surface area contributed by atoms with E-state index in [1.807, 2.05) is 0 Å². The van der Waals surface area contributed by atoms with E-state index < -0.39 is 0 Å². The van der Waals surface area contributed by atoms with Crippen LogP contribution in [-0.2, 0) is 9.47 Å². The summed E-state index contributed by atoms with van der Waals surface area (Å²) in [7, 11) is 0. The van der Waals surface area contributed by atoms with E-state index in [2.05, 4.69) is 11.4 Å². The van der Waals surface area contributed by atoms with Crippen LogP contribution in [0.5, 0.6) is 0 Å². The average Bonchev–Trinajstić information content (AvgIpc) is 2.29. The molecule has 80 valence electrons. The Morgan fingerprint density at radius 2 is 2.36 bits per heavy atom. The van der Waals surface area contributed by atoms with Crippen molar-refractivity contribution in [2.24, 2.45) is 0 Å². The molecule has 0 saturated carbocycles. The second kappa shape index (κ2) is 5.49. The predicted octanol–water partition coefficient (Wildman–Crippen LogP) is 1.10. The van der Waals surface area contributed by atoms with Gasteiger partial charge >= 0.3 is 0 Å². The quantitative estimate of drug-likeness (QED) is 0.687. The molecule has 14 heavy (non-hydrogen) atoms. The average molecular weight is 197 g/mol. The summed E-state index contributed by atoms with van der Waals surface area (Å²) in [6.45, 7) is 4.46. The number of rotatable bonds is 3. The lowest BCUT2D eigenvalue weighted by atomic mass is 10.1. The molecule has 2 aliphatic rings. The van der Waals surface area contributed by atoms with Crippen molar-refractivity contribution in [1.29, 1.82) is 0 Å². The van der Waals surface area contributed by atoms with Crippen LogP contribution in [0.15, 0.2) is 11.6 Å². The second-order valence-electron chi connectivity index (χ2n) is 4.00. The first kappa shape index (κ1) is 10.1. The van der Waals surface area contributed by atoms with E-state index in [4.69, 9.17) is 9.47 Å². The Balaban J connectivity index is 1.67. The Kier molecular flexibility index (Phi) is 3.98. The fourth-order valence-electron chi connectivity index (χ4n) is 1.91. The minimum Gasteiger partial charge on any atom is -0.380 e. The minimum absolute atomic E-state index is 0.548. The second-order valence-corrected chi connectivity index (χ2v) is 4.00. The first-order valence-corrected chi connectivity index (χ1v) is 5.52. The van der Waals surface area contributed by atoms with Gasteiger partial charge in [0.1, 0.15) is 0 Å². The summed E-state index contributed by atoms with van der Waals surface area (Å²) in [4.78, 5) is 0. The molecule has 1 N–H and O–H groups in total. The van der Waals surface area contributed by atoms with Gasteiger partial charge in [0.2, 0.25) is 0 Å². The van der Waals surface area contributed by atoms with Gasteiger partial charge < -0.3 is 14.8 Å². The third-order valence-electron chi connectivity index (χ3n) is 2.76. The Hall–Kier alpha value is -0.380. The summed E-state index contributed by atoms with van der Waals surface area (Å²) < 4.78 is 10.8. The van der Waals surface area contributed by atoms with E-state index >= 15 is 0 Å². The summed E-state index contributed by atoms with van der Waals surface area (Å²) in [5, 5.41) is 3.52. The molecule has 1 saturated heterocycles. The zero-order valence-electron chi connectivity index (χ0n) is 8.63. The van der Waals surface area contributed by atoms with E-state index in [1.54, 1.807) is 0 Å². The van der Waals surface area contributed by atoms with Crippen molar-refractivity contribution in [3.63, 3.8) is 0 Å². The van der Waals surface area contributed by atoms with Crippen LogP contribution in [0.1, 0.15) is 19.3 Å². The molecule has 1 atom stereocenters. The molecule has 0 aromatic heterocycles. The van der Waals surface area contributed by atoms with Crippen molar-refractivity contribution in [2.75, 3.05) is 33.0 Å². The summed E-state index contributed by atoms with van der Waals surface area (Å²) in [5.74, 6) is 0. The molecule has 0 aliphatic carbocycles. The van der Waals surface area contributed by atoms with Crippen molar-refractivity contribution in [2.45, 2.75) is 25.3 Å². The molecular weight excluding hydrogens is 178 g/mol. The maximum Gasteiger partial charge on any atom is 0.0689 e. The van der Waals surface area contributed by atoms with E-state index in [0.29, 0.717) is 6.04 Å². The van der Waals surface area contributed by atoms with Gasteiger partial charge in [-0.1, -0.05) is 6.08 Å². The zero-order valence-corrected chi connectivity index (χ0v) is 8.63. The highest BCUT2D eigenvalue weighted by Crippen LogP contribution is 2.08. The van der Waals surface area contributed by atoms with Gasteiger partial charge in [0.25, 0.3) is 0 Å². The van der Waals surface area contributed by atoms with Crippen molar-refractivity contribution in [1.82, 2.24) is 5.32 Å². The van der Waals surface area contributed by atoms with Gasteiger partial charge in [0.15, 0.2) is 0 Å². The molecule has 0 unspecified atom stereocenters. The van der Waals surface area contributed by atoms with Crippen LogP contribution in [-0.4, -0.2) is 39.0 Å². The van der Waals surface area contributed by atoms with Crippen LogP contribution >= 0.6 is 0 Å². The largest absolute Gasteiger partial charge is 0.380 e. The maximum absolute atomic E-state index is 5.41. The zero-order chi connectivity index (χ0) is 9.64. The molecule has 0 aromatic carbocycles. The van der Waals surface area contributed by atoms with Crippen molar-refractivity contribution in [3.8, 4) is 0 Å². The van der Waals surface area contributed by atoms with Gasteiger partial charge in [-0.2, -0.15) is 0 Å². The number of hydrogen-bond donors (Lipinski definition) is 1. The summed E-state index contributed by atoms with van der Waals surface area (Å²) in [6.07, 6.45) is 5.79. The summed E-state index contributed by atoms with van der Waals surface area (Å²) >= 11 is 0. The van der Waals surface area contributed by atoms with Gasteiger partial charge in [-0.15, -0.1) is 0 Å². The van der Waals surface area contributed by atoms with E-state index in [-0.39, 0.29) is 0 Å².